The third kappa shape index (κ3) is 4.23. The molecule has 2 aromatic carbocycles. The average Bonchev–Trinajstić information content (AvgIpc) is 3.13. The molecular formula is C19H17FN2O2. The summed E-state index contributed by atoms with van der Waals surface area (Å²) >= 11 is 0. The minimum Gasteiger partial charge on any atom is -0.459 e. The van der Waals surface area contributed by atoms with Crippen LogP contribution < -0.4 is 10.6 Å². The van der Waals surface area contributed by atoms with Crippen LogP contribution in [0.15, 0.2) is 71.3 Å². The number of amides is 1. The molecule has 1 aromatic heterocycles. The number of hydrogen-bond acceptors (Lipinski definition) is 3. The number of hydrogen-bond donors (Lipinski definition) is 2. The lowest BCUT2D eigenvalue weighted by atomic mass is 10.1. The molecule has 0 bridgehead atoms. The van der Waals surface area contributed by atoms with Crippen LogP contribution in [0.2, 0.25) is 0 Å². The molecule has 0 radical (unpaired) electrons. The lowest BCUT2D eigenvalue weighted by Gasteiger charge is -2.08. The van der Waals surface area contributed by atoms with E-state index in [2.05, 4.69) is 10.6 Å². The number of benzene rings is 2. The molecular weight excluding hydrogens is 307 g/mol. The van der Waals surface area contributed by atoms with Gasteiger partial charge in [-0.2, -0.15) is 0 Å². The summed E-state index contributed by atoms with van der Waals surface area (Å²) in [5, 5.41) is 6.05. The zero-order valence-corrected chi connectivity index (χ0v) is 13.0. The second-order valence-electron chi connectivity index (χ2n) is 5.31. The molecule has 0 aliphatic rings. The molecule has 3 rings (SSSR count). The number of anilines is 2. The molecule has 5 heteroatoms. The van der Waals surface area contributed by atoms with Crippen LogP contribution in [-0.2, 0) is 6.42 Å². The van der Waals surface area contributed by atoms with Gasteiger partial charge < -0.3 is 15.1 Å². The normalized spacial score (nSPS) is 10.4. The maximum atomic E-state index is 12.8. The lowest BCUT2D eigenvalue weighted by molar-refractivity contribution is 0.0996. The second kappa shape index (κ2) is 7.46. The molecule has 0 aliphatic carbocycles. The molecule has 0 fully saturated rings. The molecule has 1 heterocycles. The Morgan fingerprint density at radius 2 is 1.67 bits per heavy atom. The van der Waals surface area contributed by atoms with Crippen LogP contribution in [0.1, 0.15) is 16.1 Å². The Morgan fingerprint density at radius 3 is 2.33 bits per heavy atom. The first-order valence-corrected chi connectivity index (χ1v) is 7.64. The highest BCUT2D eigenvalue weighted by Gasteiger charge is 2.08. The highest BCUT2D eigenvalue weighted by atomic mass is 19.1. The monoisotopic (exact) mass is 324 g/mol. The number of carbonyl (C=O) groups is 1. The third-order valence-electron chi connectivity index (χ3n) is 3.54. The Balaban J connectivity index is 1.49. The van der Waals surface area contributed by atoms with Gasteiger partial charge in [-0.15, -0.1) is 0 Å². The molecule has 0 atom stereocenters. The van der Waals surface area contributed by atoms with Gasteiger partial charge in [-0.1, -0.05) is 12.1 Å². The first kappa shape index (κ1) is 15.8. The first-order valence-electron chi connectivity index (χ1n) is 7.64. The van der Waals surface area contributed by atoms with Crippen LogP contribution in [0.3, 0.4) is 0 Å². The van der Waals surface area contributed by atoms with Crippen molar-refractivity contribution in [1.82, 2.24) is 0 Å². The van der Waals surface area contributed by atoms with Crippen molar-refractivity contribution in [2.45, 2.75) is 6.42 Å². The molecule has 122 valence electrons. The summed E-state index contributed by atoms with van der Waals surface area (Å²) in [4.78, 5) is 11.9. The molecule has 24 heavy (non-hydrogen) atoms. The van der Waals surface area contributed by atoms with Gasteiger partial charge in [0.1, 0.15) is 5.82 Å². The van der Waals surface area contributed by atoms with E-state index in [0.29, 0.717) is 5.69 Å². The van der Waals surface area contributed by atoms with E-state index in [1.165, 1.54) is 18.4 Å². The Kier molecular flexibility index (Phi) is 4.91. The smallest absolute Gasteiger partial charge is 0.291 e. The van der Waals surface area contributed by atoms with E-state index in [9.17, 15) is 9.18 Å². The summed E-state index contributed by atoms with van der Waals surface area (Å²) in [5.41, 5.74) is 2.72. The van der Waals surface area contributed by atoms with Crippen LogP contribution in [0.5, 0.6) is 0 Å². The number of halogens is 1. The van der Waals surface area contributed by atoms with Gasteiger partial charge >= 0.3 is 0 Å². The molecule has 0 saturated carbocycles. The van der Waals surface area contributed by atoms with Crippen LogP contribution in [0.25, 0.3) is 0 Å². The highest BCUT2D eigenvalue weighted by molar-refractivity contribution is 6.02. The summed E-state index contributed by atoms with van der Waals surface area (Å²) < 4.78 is 17.9. The van der Waals surface area contributed by atoms with Gasteiger partial charge in [0.25, 0.3) is 5.91 Å². The largest absolute Gasteiger partial charge is 0.459 e. The van der Waals surface area contributed by atoms with Crippen molar-refractivity contribution >= 4 is 17.3 Å². The van der Waals surface area contributed by atoms with Crippen molar-refractivity contribution in [2.75, 3.05) is 17.2 Å². The fourth-order valence-corrected chi connectivity index (χ4v) is 2.27. The highest BCUT2D eigenvalue weighted by Crippen LogP contribution is 2.15. The van der Waals surface area contributed by atoms with Gasteiger partial charge in [0.05, 0.1) is 6.26 Å². The summed E-state index contributed by atoms with van der Waals surface area (Å²) in [6.45, 7) is 0.740. The molecule has 0 spiro atoms. The molecule has 0 aliphatic heterocycles. The number of nitrogens with one attached hydrogen (secondary N) is 2. The number of carbonyl (C=O) groups excluding carboxylic acids is 1. The van der Waals surface area contributed by atoms with Gasteiger partial charge in [-0.05, 0) is 60.5 Å². The number of rotatable bonds is 6. The van der Waals surface area contributed by atoms with Gasteiger partial charge in [0.2, 0.25) is 0 Å². The first-order chi connectivity index (χ1) is 11.7. The summed E-state index contributed by atoms with van der Waals surface area (Å²) in [6.07, 6.45) is 2.26. The minimum absolute atomic E-state index is 0.223. The van der Waals surface area contributed by atoms with E-state index in [1.54, 1.807) is 24.3 Å². The lowest BCUT2D eigenvalue weighted by Crippen LogP contribution is -2.11. The SMILES string of the molecule is O=C(Nc1ccc(NCCc2ccc(F)cc2)cc1)c1ccco1. The fourth-order valence-electron chi connectivity index (χ4n) is 2.27. The molecule has 1 amide bonds. The molecule has 0 unspecified atom stereocenters. The number of furan rings is 1. The van der Waals surface area contributed by atoms with Crippen LogP contribution in [-0.4, -0.2) is 12.5 Å². The van der Waals surface area contributed by atoms with E-state index in [1.807, 2.05) is 24.3 Å². The standard InChI is InChI=1S/C19H17FN2O2/c20-15-5-3-14(4-6-15)11-12-21-16-7-9-17(10-8-16)22-19(23)18-2-1-13-24-18/h1-10,13,21H,11-12H2,(H,22,23). The van der Waals surface area contributed by atoms with Crippen LogP contribution in [0, 0.1) is 5.82 Å². The predicted octanol–water partition coefficient (Wildman–Crippen LogP) is 4.33. The molecule has 0 saturated heterocycles. The van der Waals surface area contributed by atoms with Crippen LogP contribution in [0.4, 0.5) is 15.8 Å². The van der Waals surface area contributed by atoms with E-state index >= 15 is 0 Å². The van der Waals surface area contributed by atoms with Crippen molar-refractivity contribution in [3.05, 3.63) is 84.1 Å². The van der Waals surface area contributed by atoms with E-state index in [0.717, 1.165) is 24.2 Å². The van der Waals surface area contributed by atoms with Gasteiger partial charge in [-0.25, -0.2) is 4.39 Å². The van der Waals surface area contributed by atoms with Crippen molar-refractivity contribution in [3.63, 3.8) is 0 Å². The zero-order chi connectivity index (χ0) is 16.8. The van der Waals surface area contributed by atoms with Crippen molar-refractivity contribution in [1.29, 1.82) is 0 Å². The zero-order valence-electron chi connectivity index (χ0n) is 13.0. The van der Waals surface area contributed by atoms with E-state index in [-0.39, 0.29) is 17.5 Å². The maximum absolute atomic E-state index is 12.8. The third-order valence-corrected chi connectivity index (χ3v) is 3.54. The van der Waals surface area contributed by atoms with Crippen molar-refractivity contribution < 1.29 is 13.6 Å². The fraction of sp³-hybridized carbons (Fsp3) is 0.105. The minimum atomic E-state index is -0.281. The summed E-state index contributed by atoms with van der Waals surface area (Å²) in [7, 11) is 0. The molecule has 4 nitrogen and oxygen atoms in total. The van der Waals surface area contributed by atoms with Gasteiger partial charge in [-0.3, -0.25) is 4.79 Å². The van der Waals surface area contributed by atoms with Crippen molar-refractivity contribution in [3.8, 4) is 0 Å². The Bertz CT molecular complexity index is 781. The van der Waals surface area contributed by atoms with Gasteiger partial charge in [0.15, 0.2) is 5.76 Å². The Labute approximate surface area is 139 Å². The summed E-state index contributed by atoms with van der Waals surface area (Å²) in [5.74, 6) is -0.229. The Morgan fingerprint density at radius 1 is 0.958 bits per heavy atom. The average molecular weight is 324 g/mol. The van der Waals surface area contributed by atoms with E-state index < -0.39 is 0 Å². The summed E-state index contributed by atoms with van der Waals surface area (Å²) in [6, 6.07) is 17.2. The van der Waals surface area contributed by atoms with Crippen LogP contribution >= 0.6 is 0 Å². The second-order valence-corrected chi connectivity index (χ2v) is 5.31. The van der Waals surface area contributed by atoms with E-state index in [4.69, 9.17) is 4.42 Å². The molecule has 3 aromatic rings. The van der Waals surface area contributed by atoms with Gasteiger partial charge in [0, 0.05) is 17.9 Å². The predicted molar refractivity (Wildman–Crippen MR) is 91.7 cm³/mol. The molecule has 2 N–H and O–H groups in total. The topological polar surface area (TPSA) is 54.3 Å². The Hall–Kier alpha value is -3.08. The maximum Gasteiger partial charge on any atom is 0.291 e. The quantitative estimate of drug-likeness (QED) is 0.710. The van der Waals surface area contributed by atoms with Crippen molar-refractivity contribution in [2.24, 2.45) is 0 Å².